The molecule has 4 nitrogen and oxygen atoms in total. The molecule has 80 valence electrons. The minimum Gasteiger partial charge on any atom is -0.478 e. The maximum atomic E-state index is 11.2. The predicted molar refractivity (Wildman–Crippen MR) is 57.3 cm³/mol. The number of benzene rings is 1. The molecule has 0 bridgehead atoms. The average molecular weight is 228 g/mol. The van der Waals surface area contributed by atoms with Crippen LogP contribution < -0.4 is 5.32 Å². The van der Waals surface area contributed by atoms with Crippen molar-refractivity contribution in [3.05, 3.63) is 29.8 Å². The second kappa shape index (κ2) is 4.79. The van der Waals surface area contributed by atoms with Gasteiger partial charge in [0.2, 0.25) is 5.91 Å². The Morgan fingerprint density at radius 1 is 1.47 bits per heavy atom. The van der Waals surface area contributed by atoms with Gasteiger partial charge < -0.3 is 10.4 Å². The lowest BCUT2D eigenvalue weighted by Crippen LogP contribution is -2.20. The van der Waals surface area contributed by atoms with E-state index in [2.05, 4.69) is 5.32 Å². The van der Waals surface area contributed by atoms with Crippen LogP contribution in [0.2, 0.25) is 0 Å². The molecule has 0 aliphatic heterocycles. The van der Waals surface area contributed by atoms with Crippen LogP contribution in [0.3, 0.4) is 0 Å². The molecule has 0 spiro atoms. The van der Waals surface area contributed by atoms with Crippen molar-refractivity contribution in [3.63, 3.8) is 0 Å². The van der Waals surface area contributed by atoms with Crippen LogP contribution in [-0.2, 0) is 4.79 Å². The number of anilines is 1. The minimum atomic E-state index is -1.04. The summed E-state index contributed by atoms with van der Waals surface area (Å²) in [5.41, 5.74) is 0.544. The summed E-state index contributed by atoms with van der Waals surface area (Å²) in [5.74, 6) is -1.40. The molecule has 0 saturated heterocycles. The highest BCUT2D eigenvalue weighted by Crippen LogP contribution is 2.11. The molecule has 0 unspecified atom stereocenters. The number of carbonyl (C=O) groups excluding carboxylic acids is 1. The summed E-state index contributed by atoms with van der Waals surface area (Å²) in [7, 11) is 0. The van der Waals surface area contributed by atoms with E-state index in [9.17, 15) is 9.59 Å². The van der Waals surface area contributed by atoms with Crippen molar-refractivity contribution >= 4 is 29.2 Å². The molecular formula is C10H10ClNO3. The highest BCUT2D eigenvalue weighted by atomic mass is 35.5. The van der Waals surface area contributed by atoms with Crippen LogP contribution in [-0.4, -0.2) is 22.4 Å². The number of halogens is 1. The third-order valence-electron chi connectivity index (χ3n) is 1.74. The molecule has 2 N–H and O–H groups in total. The summed E-state index contributed by atoms with van der Waals surface area (Å²) in [6.07, 6.45) is 0. The van der Waals surface area contributed by atoms with E-state index < -0.39 is 11.3 Å². The molecule has 0 aliphatic rings. The maximum Gasteiger partial charge on any atom is 0.335 e. The first-order valence-electron chi connectivity index (χ1n) is 4.29. The van der Waals surface area contributed by atoms with Crippen molar-refractivity contribution in [2.75, 3.05) is 5.32 Å². The van der Waals surface area contributed by atoms with Gasteiger partial charge in [-0.25, -0.2) is 4.79 Å². The monoisotopic (exact) mass is 227 g/mol. The summed E-state index contributed by atoms with van der Waals surface area (Å²) >= 11 is 5.55. The van der Waals surface area contributed by atoms with E-state index in [1.54, 1.807) is 12.1 Å². The third-order valence-corrected chi connectivity index (χ3v) is 1.94. The molecule has 0 saturated carbocycles. The van der Waals surface area contributed by atoms with Crippen LogP contribution in [0.5, 0.6) is 0 Å². The Morgan fingerprint density at radius 3 is 2.67 bits per heavy atom. The third kappa shape index (κ3) is 3.25. The van der Waals surface area contributed by atoms with Gasteiger partial charge in [0.1, 0.15) is 5.38 Å². The van der Waals surface area contributed by atoms with Crippen LogP contribution in [0.1, 0.15) is 17.3 Å². The van der Waals surface area contributed by atoms with Crippen molar-refractivity contribution in [1.82, 2.24) is 0 Å². The lowest BCUT2D eigenvalue weighted by atomic mass is 10.2. The number of carbonyl (C=O) groups is 2. The summed E-state index contributed by atoms with van der Waals surface area (Å²) in [5, 5.41) is 10.6. The summed E-state index contributed by atoms with van der Waals surface area (Å²) in [4.78, 5) is 21.8. The number of carboxylic acid groups (broad SMARTS) is 1. The SMILES string of the molecule is C[C@@H](Cl)C(=O)Nc1cccc(C(=O)O)c1. The lowest BCUT2D eigenvalue weighted by molar-refractivity contribution is -0.115. The molecule has 1 amide bonds. The highest BCUT2D eigenvalue weighted by molar-refractivity contribution is 6.32. The van der Waals surface area contributed by atoms with Crippen LogP contribution in [0.4, 0.5) is 5.69 Å². The van der Waals surface area contributed by atoms with Crippen molar-refractivity contribution in [2.45, 2.75) is 12.3 Å². The number of hydrogen-bond donors (Lipinski definition) is 2. The fourth-order valence-electron chi connectivity index (χ4n) is 0.972. The molecule has 0 aliphatic carbocycles. The van der Waals surface area contributed by atoms with Crippen LogP contribution in [0.15, 0.2) is 24.3 Å². The van der Waals surface area contributed by atoms with Crippen molar-refractivity contribution in [3.8, 4) is 0 Å². The molecule has 5 heteroatoms. The van der Waals surface area contributed by atoms with Gasteiger partial charge in [0, 0.05) is 5.69 Å². The second-order valence-electron chi connectivity index (χ2n) is 2.99. The number of alkyl halides is 1. The van der Waals surface area contributed by atoms with E-state index in [1.165, 1.54) is 19.1 Å². The fourth-order valence-corrected chi connectivity index (χ4v) is 1.03. The largest absolute Gasteiger partial charge is 0.478 e. The molecule has 1 atom stereocenters. The van der Waals surface area contributed by atoms with Gasteiger partial charge in [-0.05, 0) is 25.1 Å². The first-order valence-corrected chi connectivity index (χ1v) is 4.72. The van der Waals surface area contributed by atoms with E-state index >= 15 is 0 Å². The number of rotatable bonds is 3. The average Bonchev–Trinajstić information content (AvgIpc) is 2.18. The number of amides is 1. The highest BCUT2D eigenvalue weighted by Gasteiger charge is 2.10. The molecule has 0 radical (unpaired) electrons. The minimum absolute atomic E-state index is 0.120. The Morgan fingerprint density at radius 2 is 2.13 bits per heavy atom. The zero-order valence-corrected chi connectivity index (χ0v) is 8.78. The molecule has 15 heavy (non-hydrogen) atoms. The molecule has 1 rings (SSSR count). The molecule has 1 aromatic carbocycles. The zero-order valence-electron chi connectivity index (χ0n) is 8.03. The standard InChI is InChI=1S/C10H10ClNO3/c1-6(11)9(13)12-8-4-2-3-7(5-8)10(14)15/h2-6H,1H3,(H,12,13)(H,14,15)/t6-/m1/s1. The van der Waals surface area contributed by atoms with Crippen LogP contribution in [0.25, 0.3) is 0 Å². The van der Waals surface area contributed by atoms with E-state index in [-0.39, 0.29) is 11.5 Å². The van der Waals surface area contributed by atoms with Gasteiger partial charge >= 0.3 is 5.97 Å². The van der Waals surface area contributed by atoms with Crippen molar-refractivity contribution in [2.24, 2.45) is 0 Å². The lowest BCUT2D eigenvalue weighted by Gasteiger charge is -2.06. The topological polar surface area (TPSA) is 66.4 Å². The van der Waals surface area contributed by atoms with E-state index in [0.29, 0.717) is 5.69 Å². The summed E-state index contributed by atoms with van der Waals surface area (Å²) in [6, 6.07) is 5.98. The molecular weight excluding hydrogens is 218 g/mol. The quantitative estimate of drug-likeness (QED) is 0.776. The Hall–Kier alpha value is -1.55. The smallest absolute Gasteiger partial charge is 0.335 e. The van der Waals surface area contributed by atoms with E-state index in [1.807, 2.05) is 0 Å². The van der Waals surface area contributed by atoms with Gasteiger partial charge in [-0.1, -0.05) is 6.07 Å². The predicted octanol–water partition coefficient (Wildman–Crippen LogP) is 1.95. The van der Waals surface area contributed by atoms with Gasteiger partial charge in [0.05, 0.1) is 5.56 Å². The van der Waals surface area contributed by atoms with Gasteiger partial charge in [-0.15, -0.1) is 11.6 Å². The number of hydrogen-bond acceptors (Lipinski definition) is 2. The van der Waals surface area contributed by atoms with E-state index in [4.69, 9.17) is 16.7 Å². The molecule has 0 fully saturated rings. The first-order chi connectivity index (χ1) is 7.00. The zero-order chi connectivity index (χ0) is 11.4. The molecule has 1 aromatic rings. The first kappa shape index (κ1) is 11.5. The second-order valence-corrected chi connectivity index (χ2v) is 3.65. The number of carboxylic acids is 1. The summed E-state index contributed by atoms with van der Waals surface area (Å²) < 4.78 is 0. The van der Waals surface area contributed by atoms with Crippen LogP contribution in [0, 0.1) is 0 Å². The summed E-state index contributed by atoms with van der Waals surface area (Å²) in [6.45, 7) is 1.54. The van der Waals surface area contributed by atoms with E-state index in [0.717, 1.165) is 0 Å². The van der Waals surface area contributed by atoms with Crippen molar-refractivity contribution < 1.29 is 14.7 Å². The van der Waals surface area contributed by atoms with Gasteiger partial charge in [-0.2, -0.15) is 0 Å². The maximum absolute atomic E-state index is 11.2. The van der Waals surface area contributed by atoms with Crippen molar-refractivity contribution in [1.29, 1.82) is 0 Å². The Kier molecular flexibility index (Phi) is 3.68. The fraction of sp³-hybridized carbons (Fsp3) is 0.200. The molecule has 0 aromatic heterocycles. The Balaban J connectivity index is 2.83. The van der Waals surface area contributed by atoms with Crippen LogP contribution >= 0.6 is 11.6 Å². The van der Waals surface area contributed by atoms with Gasteiger partial charge in [-0.3, -0.25) is 4.79 Å². The van der Waals surface area contributed by atoms with Gasteiger partial charge in [0.15, 0.2) is 0 Å². The number of aromatic carboxylic acids is 1. The normalized spacial score (nSPS) is 11.9. The Labute approximate surface area is 91.9 Å². The number of nitrogens with one attached hydrogen (secondary N) is 1. The molecule has 0 heterocycles. The Bertz CT molecular complexity index is 390. The van der Waals surface area contributed by atoms with Gasteiger partial charge in [0.25, 0.3) is 0 Å².